The summed E-state index contributed by atoms with van der Waals surface area (Å²) in [7, 11) is 0. The molecule has 0 aliphatic heterocycles. The number of aliphatic carboxylic acids is 2. The van der Waals surface area contributed by atoms with Crippen molar-refractivity contribution in [3.63, 3.8) is 0 Å². The minimum Gasteiger partial charge on any atom is -0.481 e. The van der Waals surface area contributed by atoms with Gasteiger partial charge in [-0.3, -0.25) is 9.59 Å². The second-order valence-electron chi connectivity index (χ2n) is 12.4. The van der Waals surface area contributed by atoms with Crippen molar-refractivity contribution < 1.29 is 19.8 Å². The van der Waals surface area contributed by atoms with Crippen LogP contribution in [-0.4, -0.2) is 41.8 Å². The molecule has 5 unspecified atom stereocenters. The van der Waals surface area contributed by atoms with Crippen molar-refractivity contribution in [2.24, 2.45) is 57.6 Å². The fraction of sp³-hybridized carbons (Fsp3) is 0.935. The molecule has 0 heterocycles. The number of hydrogen-bond donors (Lipinski definition) is 5. The molecule has 4 saturated carbocycles. The molecule has 0 aromatic carbocycles. The molecule has 0 bridgehead atoms. The Bertz CT molecular complexity index is 674. The molecule has 4 fully saturated rings. The van der Waals surface area contributed by atoms with E-state index in [1.165, 1.54) is 44.9 Å². The van der Waals surface area contributed by atoms with Crippen molar-refractivity contribution in [1.29, 1.82) is 0 Å². The normalized spacial score (nSPS) is 34.9. The lowest BCUT2D eigenvalue weighted by atomic mass is 9.45. The highest BCUT2D eigenvalue weighted by Gasteiger charge is 2.59. The van der Waals surface area contributed by atoms with Gasteiger partial charge in [-0.1, -0.05) is 47.0 Å². The van der Waals surface area contributed by atoms with Gasteiger partial charge >= 0.3 is 11.9 Å². The summed E-state index contributed by atoms with van der Waals surface area (Å²) in [4.78, 5) is 19.0. The van der Waals surface area contributed by atoms with Crippen LogP contribution in [0.2, 0.25) is 0 Å². The summed E-state index contributed by atoms with van der Waals surface area (Å²) in [6, 6.07) is 0. The van der Waals surface area contributed by atoms with E-state index in [0.29, 0.717) is 10.8 Å². The van der Waals surface area contributed by atoms with Gasteiger partial charge in [0, 0.05) is 13.1 Å². The van der Waals surface area contributed by atoms with Gasteiger partial charge in [0.1, 0.15) is 0 Å². The molecule has 0 saturated heterocycles. The molecule has 38 heavy (non-hydrogen) atoms. The minimum atomic E-state index is -0.836. The molecule has 0 amide bonds. The van der Waals surface area contributed by atoms with Crippen molar-refractivity contribution in [2.75, 3.05) is 19.6 Å². The summed E-state index contributed by atoms with van der Waals surface area (Å²) in [6.45, 7) is 10.8. The monoisotopic (exact) mass is 539 g/mol. The number of rotatable bonds is 8. The Kier molecular flexibility index (Phi) is 16.0. The van der Waals surface area contributed by atoms with Gasteiger partial charge in [0.2, 0.25) is 0 Å². The Hall–Kier alpha value is -1.18. The Balaban J connectivity index is 0.000000431. The smallest absolute Gasteiger partial charge is 0.304 e. The van der Waals surface area contributed by atoms with Gasteiger partial charge in [0.05, 0.1) is 12.8 Å². The molecule has 8 N–H and O–H groups in total. The van der Waals surface area contributed by atoms with Crippen LogP contribution in [0, 0.1) is 40.4 Å². The zero-order valence-electron chi connectivity index (χ0n) is 25.1. The fourth-order valence-electron chi connectivity index (χ4n) is 8.66. The molecule has 4 aliphatic carbocycles. The van der Waals surface area contributed by atoms with E-state index in [4.69, 9.17) is 27.4 Å². The van der Waals surface area contributed by atoms with Crippen LogP contribution >= 0.6 is 0 Å². The molecule has 7 heteroatoms. The average Bonchev–Trinajstić information content (AvgIpc) is 3.22. The largest absolute Gasteiger partial charge is 0.481 e. The Morgan fingerprint density at radius 3 is 1.84 bits per heavy atom. The number of carbonyl (C=O) groups is 2. The van der Waals surface area contributed by atoms with Crippen LogP contribution in [-0.2, 0) is 9.59 Å². The van der Waals surface area contributed by atoms with E-state index in [2.05, 4.69) is 13.8 Å². The maximum Gasteiger partial charge on any atom is 0.304 e. The molecule has 7 atom stereocenters. The maximum atomic E-state index is 9.52. The van der Waals surface area contributed by atoms with Crippen LogP contribution in [0.25, 0.3) is 0 Å². The van der Waals surface area contributed by atoms with E-state index in [9.17, 15) is 9.59 Å². The number of fused-ring (bicyclic) bond motifs is 5. The molecule has 0 aromatic heterocycles. The number of carboxylic acids is 2. The average molecular weight is 540 g/mol. The van der Waals surface area contributed by atoms with Crippen molar-refractivity contribution in [3.8, 4) is 0 Å². The van der Waals surface area contributed by atoms with E-state index in [1.807, 2.05) is 13.8 Å². The van der Waals surface area contributed by atoms with Crippen molar-refractivity contribution in [1.82, 2.24) is 0 Å². The highest BCUT2D eigenvalue weighted by atomic mass is 16.4. The van der Waals surface area contributed by atoms with E-state index < -0.39 is 11.9 Å². The van der Waals surface area contributed by atoms with Crippen molar-refractivity contribution in [3.05, 3.63) is 0 Å². The van der Waals surface area contributed by atoms with Crippen molar-refractivity contribution in [2.45, 2.75) is 124 Å². The second kappa shape index (κ2) is 17.5. The van der Waals surface area contributed by atoms with Gasteiger partial charge in [-0.15, -0.1) is 0 Å². The fourth-order valence-corrected chi connectivity index (χ4v) is 8.66. The van der Waals surface area contributed by atoms with E-state index in [1.54, 1.807) is 38.5 Å². The van der Waals surface area contributed by atoms with Crippen LogP contribution in [0.15, 0.2) is 0 Å². The van der Waals surface area contributed by atoms with Gasteiger partial charge in [-0.05, 0) is 111 Å². The molecule has 7 nitrogen and oxygen atoms in total. The highest BCUT2D eigenvalue weighted by molar-refractivity contribution is 5.67. The van der Waals surface area contributed by atoms with Crippen LogP contribution in [0.4, 0.5) is 0 Å². The lowest BCUT2D eigenvalue weighted by molar-refractivity contribution is -0.137. The lowest BCUT2D eigenvalue weighted by Gasteiger charge is -2.60. The van der Waals surface area contributed by atoms with Crippen molar-refractivity contribution >= 4 is 11.9 Å². The molecular formula is C31H61N3O4. The predicted molar refractivity (Wildman–Crippen MR) is 157 cm³/mol. The Morgan fingerprint density at radius 2 is 1.32 bits per heavy atom. The summed E-state index contributed by atoms with van der Waals surface area (Å²) in [6.07, 6.45) is 19.6. The van der Waals surface area contributed by atoms with Gasteiger partial charge in [-0.25, -0.2) is 0 Å². The number of hydrogen-bond acceptors (Lipinski definition) is 5. The predicted octanol–water partition coefficient (Wildman–Crippen LogP) is 6.03. The number of carboxylic acid groups (broad SMARTS) is 2. The topological polar surface area (TPSA) is 153 Å². The quantitative estimate of drug-likeness (QED) is 0.236. The number of unbranched alkanes of at least 4 members (excludes halogenated alkanes) is 1. The summed E-state index contributed by atoms with van der Waals surface area (Å²) < 4.78 is 0. The lowest BCUT2D eigenvalue weighted by Crippen LogP contribution is -2.52. The maximum absolute atomic E-state index is 9.52. The van der Waals surface area contributed by atoms with Gasteiger partial charge < -0.3 is 27.4 Å². The second-order valence-corrected chi connectivity index (χ2v) is 12.4. The molecular weight excluding hydrogens is 478 g/mol. The molecule has 0 aromatic rings. The minimum absolute atomic E-state index is 0.0694. The van der Waals surface area contributed by atoms with E-state index in [-0.39, 0.29) is 25.9 Å². The zero-order valence-corrected chi connectivity index (χ0v) is 25.1. The number of nitrogens with two attached hydrogens (primary N) is 3. The highest BCUT2D eigenvalue weighted by Crippen LogP contribution is 2.67. The molecule has 4 aliphatic rings. The van der Waals surface area contributed by atoms with Crippen LogP contribution in [0.1, 0.15) is 124 Å². The molecule has 0 radical (unpaired) electrons. The SMILES string of the molecule is CC.C[C@]12CCCCC1CCC1C2CC[C@]2(C)C(CCCCN)CCC12.NCCC(=O)O.NCCC(=O)O. The summed E-state index contributed by atoms with van der Waals surface area (Å²) in [5.74, 6) is 3.60. The first kappa shape index (κ1) is 34.8. The summed E-state index contributed by atoms with van der Waals surface area (Å²) >= 11 is 0. The third kappa shape index (κ3) is 9.19. The Labute approximate surface area is 233 Å². The van der Waals surface area contributed by atoms with Gasteiger partial charge in [-0.2, -0.15) is 0 Å². The van der Waals surface area contributed by atoms with Crippen LogP contribution in [0.5, 0.6) is 0 Å². The first-order valence-electron chi connectivity index (χ1n) is 15.7. The molecule has 0 spiro atoms. The van der Waals surface area contributed by atoms with Gasteiger partial charge in [0.25, 0.3) is 0 Å². The van der Waals surface area contributed by atoms with E-state index >= 15 is 0 Å². The van der Waals surface area contributed by atoms with Crippen LogP contribution < -0.4 is 17.2 Å². The summed E-state index contributed by atoms with van der Waals surface area (Å²) in [5, 5.41) is 15.7. The zero-order chi connectivity index (χ0) is 28.8. The third-order valence-electron chi connectivity index (χ3n) is 10.5. The third-order valence-corrected chi connectivity index (χ3v) is 10.5. The standard InChI is InChI=1S/C23H41N.2C3H7NO2.C2H6/c1-22-14-5-3-7-17(22)9-11-19-20-12-10-18(8-4-6-16-24)23(20,2)15-13-21(19)22;2*4-2-1-3(5)6;1-2/h17-21H,3-16,24H2,1-2H3;2*1-2,4H2,(H,5,6);1-2H3/t17?,18?,19?,20?,21?,22-,23+;;;/m0.../s1. The van der Waals surface area contributed by atoms with E-state index in [0.717, 1.165) is 36.1 Å². The first-order chi connectivity index (χ1) is 18.1. The van der Waals surface area contributed by atoms with Crippen LogP contribution in [0.3, 0.4) is 0 Å². The first-order valence-corrected chi connectivity index (χ1v) is 15.7. The molecule has 4 rings (SSSR count). The Morgan fingerprint density at radius 1 is 0.711 bits per heavy atom. The van der Waals surface area contributed by atoms with Gasteiger partial charge in [0.15, 0.2) is 0 Å². The molecule has 224 valence electrons. The summed E-state index contributed by atoms with van der Waals surface area (Å²) in [5.41, 5.74) is 16.8.